The molecule has 2 aromatic heterocycles. The van der Waals surface area contributed by atoms with Crippen molar-refractivity contribution in [2.45, 2.75) is 19.9 Å². The summed E-state index contributed by atoms with van der Waals surface area (Å²) in [5, 5.41) is 6.86. The predicted octanol–water partition coefficient (Wildman–Crippen LogP) is 2.08. The van der Waals surface area contributed by atoms with Gasteiger partial charge in [-0.05, 0) is 24.6 Å². The van der Waals surface area contributed by atoms with E-state index in [0.29, 0.717) is 25.1 Å². The lowest BCUT2D eigenvalue weighted by molar-refractivity contribution is 0.0954. The van der Waals surface area contributed by atoms with Crippen molar-refractivity contribution < 1.29 is 9.18 Å². The van der Waals surface area contributed by atoms with Crippen molar-refractivity contribution in [1.29, 1.82) is 0 Å². The van der Waals surface area contributed by atoms with Gasteiger partial charge >= 0.3 is 0 Å². The summed E-state index contributed by atoms with van der Waals surface area (Å²) in [4.78, 5) is 16.5. The largest absolute Gasteiger partial charge is 0.351 e. The van der Waals surface area contributed by atoms with Crippen LogP contribution in [0.2, 0.25) is 0 Å². The molecular formula is C18H20FN5O. The number of nitrogens with zero attached hydrogens (tertiary/aromatic N) is 4. The first-order valence-electron chi connectivity index (χ1n) is 8.05. The Morgan fingerprint density at radius 3 is 2.68 bits per heavy atom. The molecule has 7 heteroatoms. The number of halogens is 1. The fourth-order valence-electron chi connectivity index (χ4n) is 2.63. The second-order valence-corrected chi connectivity index (χ2v) is 5.94. The Morgan fingerprint density at radius 1 is 1.24 bits per heavy atom. The Labute approximate surface area is 145 Å². The number of imidazole rings is 1. The third kappa shape index (κ3) is 4.12. The molecule has 0 bridgehead atoms. The van der Waals surface area contributed by atoms with E-state index in [0.717, 1.165) is 17.1 Å². The topological polar surface area (TPSA) is 64.7 Å². The van der Waals surface area contributed by atoms with Gasteiger partial charge in [0, 0.05) is 44.6 Å². The number of carbonyl (C=O) groups excluding carboxylic acids is 1. The summed E-state index contributed by atoms with van der Waals surface area (Å²) in [5.74, 6) is 0.485. The van der Waals surface area contributed by atoms with E-state index in [1.807, 2.05) is 13.1 Å². The molecule has 0 saturated heterocycles. The van der Waals surface area contributed by atoms with Gasteiger partial charge in [-0.15, -0.1) is 0 Å². The van der Waals surface area contributed by atoms with E-state index in [4.69, 9.17) is 0 Å². The van der Waals surface area contributed by atoms with Gasteiger partial charge < -0.3 is 9.88 Å². The monoisotopic (exact) mass is 341 g/mol. The fraction of sp³-hybridized carbons (Fsp3) is 0.278. The third-order valence-electron chi connectivity index (χ3n) is 3.99. The van der Waals surface area contributed by atoms with Gasteiger partial charge in [0.2, 0.25) is 0 Å². The normalized spacial score (nSPS) is 10.8. The van der Waals surface area contributed by atoms with Crippen molar-refractivity contribution in [3.63, 3.8) is 0 Å². The Hall–Kier alpha value is -2.96. The summed E-state index contributed by atoms with van der Waals surface area (Å²) in [6, 6.07) is 6.44. The maximum atomic E-state index is 13.0. The highest BCUT2D eigenvalue weighted by molar-refractivity contribution is 5.93. The molecule has 0 atom stereocenters. The summed E-state index contributed by atoms with van der Waals surface area (Å²) in [6.45, 7) is 3.08. The molecule has 3 rings (SSSR count). The van der Waals surface area contributed by atoms with E-state index in [-0.39, 0.29) is 11.7 Å². The van der Waals surface area contributed by atoms with Gasteiger partial charge in [-0.2, -0.15) is 5.10 Å². The standard InChI is InChI=1S/C18H20FN5O/c1-13-9-21-17(24(13)11-14-3-5-16(19)6-4-14)7-8-20-18(25)15-10-22-23(2)12-15/h3-6,9-10,12H,7-8,11H2,1-2H3,(H,20,25). The van der Waals surface area contributed by atoms with Gasteiger partial charge in [-0.25, -0.2) is 9.37 Å². The summed E-state index contributed by atoms with van der Waals surface area (Å²) in [6.07, 6.45) is 5.63. The molecule has 1 amide bonds. The number of aromatic nitrogens is 4. The summed E-state index contributed by atoms with van der Waals surface area (Å²) >= 11 is 0. The Morgan fingerprint density at radius 2 is 2.00 bits per heavy atom. The van der Waals surface area contributed by atoms with Crippen molar-refractivity contribution in [3.8, 4) is 0 Å². The maximum absolute atomic E-state index is 13.0. The van der Waals surface area contributed by atoms with Crippen LogP contribution in [0.25, 0.3) is 0 Å². The highest BCUT2D eigenvalue weighted by atomic mass is 19.1. The van der Waals surface area contributed by atoms with E-state index < -0.39 is 0 Å². The average Bonchev–Trinajstić information content (AvgIpc) is 3.17. The maximum Gasteiger partial charge on any atom is 0.254 e. The summed E-state index contributed by atoms with van der Waals surface area (Å²) < 4.78 is 16.7. The number of amides is 1. The summed E-state index contributed by atoms with van der Waals surface area (Å²) in [5.41, 5.74) is 2.56. The van der Waals surface area contributed by atoms with Crippen molar-refractivity contribution in [2.24, 2.45) is 7.05 Å². The lowest BCUT2D eigenvalue weighted by atomic mass is 10.2. The number of nitrogens with one attached hydrogen (secondary N) is 1. The van der Waals surface area contributed by atoms with Crippen LogP contribution in [0.3, 0.4) is 0 Å². The van der Waals surface area contributed by atoms with Crippen LogP contribution in [0.1, 0.15) is 27.4 Å². The Balaban J connectivity index is 1.61. The number of carbonyl (C=O) groups is 1. The molecule has 0 aliphatic rings. The van der Waals surface area contributed by atoms with Crippen molar-refractivity contribution in [1.82, 2.24) is 24.6 Å². The molecule has 130 valence electrons. The number of rotatable bonds is 6. The lowest BCUT2D eigenvalue weighted by Crippen LogP contribution is -2.26. The molecular weight excluding hydrogens is 321 g/mol. The molecule has 1 aromatic carbocycles. The SMILES string of the molecule is Cc1cnc(CCNC(=O)c2cnn(C)c2)n1Cc1ccc(F)cc1. The van der Waals surface area contributed by atoms with Crippen molar-refractivity contribution >= 4 is 5.91 Å². The van der Waals surface area contributed by atoms with Crippen LogP contribution in [-0.2, 0) is 20.0 Å². The minimum absolute atomic E-state index is 0.151. The van der Waals surface area contributed by atoms with Gasteiger partial charge in [0.05, 0.1) is 11.8 Å². The second kappa shape index (κ2) is 7.29. The average molecular weight is 341 g/mol. The van der Waals surface area contributed by atoms with Crippen molar-refractivity contribution in [2.75, 3.05) is 6.54 Å². The molecule has 1 N–H and O–H groups in total. The number of aryl methyl sites for hydroxylation is 2. The first-order valence-corrected chi connectivity index (χ1v) is 8.05. The molecule has 0 unspecified atom stereocenters. The quantitative estimate of drug-likeness (QED) is 0.747. The number of hydrogen-bond donors (Lipinski definition) is 1. The van der Waals surface area contributed by atoms with Gasteiger partial charge in [0.1, 0.15) is 11.6 Å². The van der Waals surface area contributed by atoms with Crippen LogP contribution in [0.4, 0.5) is 4.39 Å². The molecule has 0 radical (unpaired) electrons. The summed E-state index contributed by atoms with van der Waals surface area (Å²) in [7, 11) is 1.77. The molecule has 0 aliphatic heterocycles. The van der Waals surface area contributed by atoms with Gasteiger partial charge in [0.25, 0.3) is 5.91 Å². The first kappa shape index (κ1) is 16.9. The third-order valence-corrected chi connectivity index (χ3v) is 3.99. The highest BCUT2D eigenvalue weighted by Crippen LogP contribution is 2.11. The number of hydrogen-bond acceptors (Lipinski definition) is 3. The molecule has 25 heavy (non-hydrogen) atoms. The van der Waals surface area contributed by atoms with E-state index in [2.05, 4.69) is 20.0 Å². The molecule has 0 spiro atoms. The Kier molecular flexibility index (Phi) is 4.92. The van der Waals surface area contributed by atoms with E-state index in [1.54, 1.807) is 30.1 Å². The predicted molar refractivity (Wildman–Crippen MR) is 91.7 cm³/mol. The fourth-order valence-corrected chi connectivity index (χ4v) is 2.63. The molecule has 6 nitrogen and oxygen atoms in total. The molecule has 0 fully saturated rings. The van der Waals surface area contributed by atoms with Gasteiger partial charge in [-0.1, -0.05) is 12.1 Å². The zero-order chi connectivity index (χ0) is 17.8. The van der Waals surface area contributed by atoms with Crippen LogP contribution in [0, 0.1) is 12.7 Å². The number of benzene rings is 1. The smallest absolute Gasteiger partial charge is 0.254 e. The second-order valence-electron chi connectivity index (χ2n) is 5.94. The zero-order valence-corrected chi connectivity index (χ0v) is 14.2. The molecule has 2 heterocycles. The molecule has 3 aromatic rings. The molecule has 0 aliphatic carbocycles. The first-order chi connectivity index (χ1) is 12.0. The molecule has 0 saturated carbocycles. The van der Waals surface area contributed by atoms with Gasteiger partial charge in [-0.3, -0.25) is 9.48 Å². The van der Waals surface area contributed by atoms with E-state index in [9.17, 15) is 9.18 Å². The minimum atomic E-state index is -0.246. The van der Waals surface area contributed by atoms with Crippen molar-refractivity contribution in [3.05, 3.63) is 71.3 Å². The van der Waals surface area contributed by atoms with Crippen LogP contribution in [-0.4, -0.2) is 31.8 Å². The van der Waals surface area contributed by atoms with Gasteiger partial charge in [0.15, 0.2) is 0 Å². The highest BCUT2D eigenvalue weighted by Gasteiger charge is 2.10. The Bertz CT molecular complexity index is 866. The van der Waals surface area contributed by atoms with Crippen LogP contribution in [0.5, 0.6) is 0 Å². The van der Waals surface area contributed by atoms with Crippen LogP contribution in [0.15, 0.2) is 42.9 Å². The van der Waals surface area contributed by atoms with Crippen LogP contribution < -0.4 is 5.32 Å². The van der Waals surface area contributed by atoms with Crippen LogP contribution >= 0.6 is 0 Å². The van der Waals surface area contributed by atoms with E-state index in [1.165, 1.54) is 18.3 Å². The zero-order valence-electron chi connectivity index (χ0n) is 14.2. The minimum Gasteiger partial charge on any atom is -0.351 e. The lowest BCUT2D eigenvalue weighted by Gasteiger charge is -2.11. The van der Waals surface area contributed by atoms with E-state index >= 15 is 0 Å².